The van der Waals surface area contributed by atoms with E-state index in [2.05, 4.69) is 12.2 Å². The van der Waals surface area contributed by atoms with Gasteiger partial charge in [0.25, 0.3) is 5.91 Å². The predicted molar refractivity (Wildman–Crippen MR) is 111 cm³/mol. The first-order chi connectivity index (χ1) is 14.5. The second kappa shape index (κ2) is 9.23. The summed E-state index contributed by atoms with van der Waals surface area (Å²) in [6, 6.07) is 13.5. The molecule has 2 aromatic carbocycles. The van der Waals surface area contributed by atoms with Crippen LogP contribution in [0, 0.1) is 17.6 Å². The van der Waals surface area contributed by atoms with E-state index in [9.17, 15) is 13.6 Å². The topological polar surface area (TPSA) is 38.0 Å². The molecule has 2 fully saturated rings. The Morgan fingerprint density at radius 2 is 1.43 bits per heavy atom. The maximum atomic E-state index is 13.5. The largest absolute Gasteiger partial charge is 0.348 e. The van der Waals surface area contributed by atoms with Crippen LogP contribution in [-0.2, 0) is 4.79 Å². The molecule has 0 spiro atoms. The van der Waals surface area contributed by atoms with Gasteiger partial charge >= 0.3 is 0 Å². The number of quaternary nitrogens is 2. The van der Waals surface area contributed by atoms with E-state index in [0.29, 0.717) is 12.5 Å². The lowest BCUT2D eigenvalue weighted by Gasteiger charge is -2.35. The second-order valence-corrected chi connectivity index (χ2v) is 8.81. The minimum atomic E-state index is -0.257. The number of piperazine rings is 1. The van der Waals surface area contributed by atoms with Crippen molar-refractivity contribution >= 4 is 5.91 Å². The Kier molecular flexibility index (Phi) is 6.44. The van der Waals surface area contributed by atoms with E-state index in [1.165, 1.54) is 46.9 Å². The summed E-state index contributed by atoms with van der Waals surface area (Å²) < 4.78 is 26.9. The SMILES string of the molecule is C[C@@H](NC(=O)C[NH+]1CC[NH+](C(c2ccc(F)cc2)c2ccc(F)cc2)CC1)C1CC1. The molecular formula is C24H31F2N3O+2. The summed E-state index contributed by atoms with van der Waals surface area (Å²) in [4.78, 5) is 15.0. The van der Waals surface area contributed by atoms with Gasteiger partial charge in [-0.2, -0.15) is 0 Å². The molecular weight excluding hydrogens is 384 g/mol. The zero-order valence-electron chi connectivity index (χ0n) is 17.5. The minimum absolute atomic E-state index is 0.0245. The Hall–Kier alpha value is -2.31. The summed E-state index contributed by atoms with van der Waals surface area (Å²) in [5.41, 5.74) is 2.05. The highest BCUT2D eigenvalue weighted by Gasteiger charge is 2.34. The number of carbonyl (C=O) groups is 1. The smallest absolute Gasteiger partial charge is 0.275 e. The molecule has 0 unspecified atom stereocenters. The molecule has 0 bridgehead atoms. The number of carbonyl (C=O) groups excluding carboxylic acids is 1. The zero-order chi connectivity index (χ0) is 21.1. The van der Waals surface area contributed by atoms with Crippen molar-refractivity contribution < 1.29 is 23.4 Å². The first-order valence-corrected chi connectivity index (χ1v) is 11.0. The van der Waals surface area contributed by atoms with Crippen LogP contribution in [0.15, 0.2) is 48.5 Å². The summed E-state index contributed by atoms with van der Waals surface area (Å²) in [5.74, 6) is 0.290. The molecule has 2 aliphatic rings. The zero-order valence-corrected chi connectivity index (χ0v) is 17.5. The van der Waals surface area contributed by atoms with Gasteiger partial charge in [0.1, 0.15) is 43.9 Å². The van der Waals surface area contributed by atoms with Crippen LogP contribution < -0.4 is 15.1 Å². The van der Waals surface area contributed by atoms with Gasteiger partial charge in [-0.25, -0.2) is 8.78 Å². The lowest BCUT2D eigenvalue weighted by atomic mass is 9.96. The van der Waals surface area contributed by atoms with Crippen molar-refractivity contribution in [2.75, 3.05) is 32.7 Å². The highest BCUT2D eigenvalue weighted by molar-refractivity contribution is 5.77. The Morgan fingerprint density at radius 3 is 1.90 bits per heavy atom. The third-order valence-corrected chi connectivity index (χ3v) is 6.54. The van der Waals surface area contributed by atoms with Crippen LogP contribution >= 0.6 is 0 Å². The van der Waals surface area contributed by atoms with Crippen molar-refractivity contribution in [2.45, 2.75) is 31.8 Å². The van der Waals surface area contributed by atoms with Crippen LogP contribution in [0.5, 0.6) is 0 Å². The van der Waals surface area contributed by atoms with Crippen molar-refractivity contribution in [3.05, 3.63) is 71.3 Å². The Labute approximate surface area is 176 Å². The molecule has 1 aliphatic carbocycles. The fourth-order valence-electron chi connectivity index (χ4n) is 4.61. The number of hydrogen-bond donors (Lipinski definition) is 3. The number of amides is 1. The average Bonchev–Trinajstić information content (AvgIpc) is 3.58. The number of hydrogen-bond acceptors (Lipinski definition) is 1. The van der Waals surface area contributed by atoms with Crippen molar-refractivity contribution in [2.24, 2.45) is 5.92 Å². The molecule has 4 nitrogen and oxygen atoms in total. The van der Waals surface area contributed by atoms with Gasteiger partial charge in [-0.1, -0.05) is 0 Å². The first-order valence-electron chi connectivity index (χ1n) is 11.0. The summed E-state index contributed by atoms with van der Waals surface area (Å²) in [6.45, 7) is 6.23. The first kappa shape index (κ1) is 20.9. The fraction of sp³-hybridized carbons (Fsp3) is 0.458. The summed E-state index contributed by atoms with van der Waals surface area (Å²) >= 11 is 0. The van der Waals surface area contributed by atoms with Crippen molar-refractivity contribution in [3.63, 3.8) is 0 Å². The molecule has 4 rings (SSSR count). The Bertz CT molecular complexity index is 798. The number of benzene rings is 2. The predicted octanol–water partition coefficient (Wildman–Crippen LogP) is 0.752. The molecule has 1 amide bonds. The van der Waals surface area contributed by atoms with Crippen LogP contribution in [0.25, 0.3) is 0 Å². The molecule has 1 aliphatic heterocycles. The Balaban J connectivity index is 1.40. The number of halogens is 2. The van der Waals surface area contributed by atoms with Crippen molar-refractivity contribution in [1.82, 2.24) is 5.32 Å². The lowest BCUT2D eigenvalue weighted by Crippen LogP contribution is -3.28. The van der Waals surface area contributed by atoms with Gasteiger partial charge < -0.3 is 15.1 Å². The molecule has 160 valence electrons. The molecule has 30 heavy (non-hydrogen) atoms. The minimum Gasteiger partial charge on any atom is -0.348 e. The van der Waals surface area contributed by atoms with Gasteiger partial charge in [0, 0.05) is 17.2 Å². The van der Waals surface area contributed by atoms with Crippen LogP contribution in [-0.4, -0.2) is 44.7 Å². The standard InChI is InChI=1S/C24H29F2N3O/c1-17(18-2-3-18)27-23(30)16-28-12-14-29(15-13-28)24(19-4-8-21(25)9-5-19)20-6-10-22(26)11-7-20/h4-11,17-18,24H,2-3,12-16H2,1H3,(H,27,30)/p+2/t17-/m1/s1. The maximum absolute atomic E-state index is 13.5. The quantitative estimate of drug-likeness (QED) is 0.614. The van der Waals surface area contributed by atoms with Gasteiger partial charge in [-0.15, -0.1) is 0 Å². The molecule has 1 saturated carbocycles. The van der Waals surface area contributed by atoms with Crippen LogP contribution in [0.2, 0.25) is 0 Å². The van der Waals surface area contributed by atoms with Crippen LogP contribution in [0.4, 0.5) is 8.78 Å². The molecule has 0 radical (unpaired) electrons. The van der Waals surface area contributed by atoms with Gasteiger partial charge in [-0.05, 0) is 74.2 Å². The maximum Gasteiger partial charge on any atom is 0.275 e. The second-order valence-electron chi connectivity index (χ2n) is 8.81. The molecule has 0 aromatic heterocycles. The van der Waals surface area contributed by atoms with Crippen LogP contribution in [0.1, 0.15) is 36.9 Å². The summed E-state index contributed by atoms with van der Waals surface area (Å²) in [7, 11) is 0. The molecule has 3 N–H and O–H groups in total. The van der Waals surface area contributed by atoms with E-state index < -0.39 is 0 Å². The highest BCUT2D eigenvalue weighted by Crippen LogP contribution is 2.32. The van der Waals surface area contributed by atoms with E-state index >= 15 is 0 Å². The van der Waals surface area contributed by atoms with Gasteiger partial charge in [0.2, 0.25) is 0 Å². The number of rotatable bonds is 7. The van der Waals surface area contributed by atoms with Gasteiger partial charge in [0.15, 0.2) is 6.54 Å². The van der Waals surface area contributed by atoms with E-state index in [0.717, 1.165) is 37.3 Å². The number of nitrogens with one attached hydrogen (secondary N) is 3. The molecule has 2 aromatic rings. The highest BCUT2D eigenvalue weighted by atomic mass is 19.1. The normalized spacial score (nSPS) is 22.7. The molecule has 1 atom stereocenters. The van der Waals surface area contributed by atoms with E-state index in [1.54, 1.807) is 0 Å². The third-order valence-electron chi connectivity index (χ3n) is 6.54. The van der Waals surface area contributed by atoms with Crippen molar-refractivity contribution in [1.29, 1.82) is 0 Å². The summed E-state index contributed by atoms with van der Waals surface area (Å²) in [5, 5.41) is 3.15. The lowest BCUT2D eigenvalue weighted by molar-refractivity contribution is -1.02. The molecule has 1 heterocycles. The van der Waals surface area contributed by atoms with Crippen molar-refractivity contribution in [3.8, 4) is 0 Å². The van der Waals surface area contributed by atoms with Gasteiger partial charge in [0.05, 0.1) is 0 Å². The Morgan fingerprint density at radius 1 is 0.933 bits per heavy atom. The summed E-state index contributed by atoms with van der Waals surface area (Å²) in [6.07, 6.45) is 2.45. The fourth-order valence-corrected chi connectivity index (χ4v) is 4.61. The molecule has 1 saturated heterocycles. The van der Waals surface area contributed by atoms with Crippen LogP contribution in [0.3, 0.4) is 0 Å². The van der Waals surface area contributed by atoms with E-state index in [-0.39, 0.29) is 29.6 Å². The molecule has 6 heteroatoms. The van der Waals surface area contributed by atoms with E-state index in [1.807, 2.05) is 24.3 Å². The third kappa shape index (κ3) is 5.24. The van der Waals surface area contributed by atoms with Gasteiger partial charge in [-0.3, -0.25) is 4.79 Å². The van der Waals surface area contributed by atoms with E-state index in [4.69, 9.17) is 0 Å². The monoisotopic (exact) mass is 415 g/mol. The average molecular weight is 416 g/mol.